The molecule has 98 valence electrons. The van der Waals surface area contributed by atoms with Gasteiger partial charge in [0.1, 0.15) is 0 Å². The van der Waals surface area contributed by atoms with Gasteiger partial charge in [-0.25, -0.2) is 0 Å². The molecule has 0 aromatic heterocycles. The van der Waals surface area contributed by atoms with E-state index in [4.69, 9.17) is 16.3 Å². The molecule has 2 heterocycles. The first kappa shape index (κ1) is 12.3. The molecular formula is C12H11ClF3NO. The van der Waals surface area contributed by atoms with Gasteiger partial charge in [-0.3, -0.25) is 0 Å². The van der Waals surface area contributed by atoms with Gasteiger partial charge in [0.2, 0.25) is 0 Å². The van der Waals surface area contributed by atoms with E-state index < -0.39 is 11.7 Å². The smallest absolute Gasteiger partial charge is 0.372 e. The van der Waals surface area contributed by atoms with Crippen LogP contribution in [-0.2, 0) is 17.5 Å². The molecule has 0 aliphatic carbocycles. The lowest BCUT2D eigenvalue weighted by molar-refractivity contribution is -0.139. The Hall–Kier alpha value is -0.780. The van der Waals surface area contributed by atoms with Crippen molar-refractivity contribution in [2.75, 3.05) is 13.1 Å². The Kier molecular flexibility index (Phi) is 2.80. The molecule has 2 atom stereocenters. The van der Waals surface area contributed by atoms with Crippen molar-refractivity contribution in [3.05, 3.63) is 33.8 Å². The number of fused-ring (bicyclic) bond motifs is 3. The minimum atomic E-state index is -4.39. The molecule has 3 rings (SSSR count). The van der Waals surface area contributed by atoms with Crippen molar-refractivity contribution >= 4 is 11.6 Å². The van der Waals surface area contributed by atoms with E-state index in [0.29, 0.717) is 18.7 Å². The first-order valence-corrected chi connectivity index (χ1v) is 6.06. The van der Waals surface area contributed by atoms with Gasteiger partial charge in [0.25, 0.3) is 0 Å². The van der Waals surface area contributed by atoms with Crippen molar-refractivity contribution in [3.8, 4) is 0 Å². The standard InChI is InChI=1S/C12H11ClF3NO/c13-6-1-7-8-3-17-4-11(8)18-5-9(7)10(2-6)12(14,15)16/h1-2,8,11,17H,3-5H2. The van der Waals surface area contributed by atoms with Crippen molar-refractivity contribution in [1.82, 2.24) is 5.32 Å². The van der Waals surface area contributed by atoms with Crippen LogP contribution in [0, 0.1) is 0 Å². The molecule has 1 aromatic carbocycles. The monoisotopic (exact) mass is 277 g/mol. The van der Waals surface area contributed by atoms with Gasteiger partial charge in [-0.05, 0) is 23.3 Å². The number of rotatable bonds is 0. The second-order valence-corrected chi connectivity index (χ2v) is 5.07. The maximum Gasteiger partial charge on any atom is 0.416 e. The van der Waals surface area contributed by atoms with Crippen LogP contribution in [0.4, 0.5) is 13.2 Å². The van der Waals surface area contributed by atoms with Crippen LogP contribution >= 0.6 is 11.6 Å². The summed E-state index contributed by atoms with van der Waals surface area (Å²) in [5.41, 5.74) is 0.239. The zero-order valence-corrected chi connectivity index (χ0v) is 10.1. The van der Waals surface area contributed by atoms with Crippen LogP contribution in [0.1, 0.15) is 22.6 Å². The number of benzene rings is 1. The predicted molar refractivity (Wildman–Crippen MR) is 60.6 cm³/mol. The maximum absolute atomic E-state index is 13.0. The Labute approximate surface area is 107 Å². The van der Waals surface area contributed by atoms with E-state index in [1.165, 1.54) is 0 Å². The van der Waals surface area contributed by atoms with Crippen molar-refractivity contribution in [1.29, 1.82) is 0 Å². The van der Waals surface area contributed by atoms with E-state index in [1.807, 2.05) is 0 Å². The summed E-state index contributed by atoms with van der Waals surface area (Å²) >= 11 is 5.82. The number of alkyl halides is 3. The minimum absolute atomic E-state index is 0.00416. The SMILES string of the molecule is FC(F)(F)c1cc(Cl)cc2c1COC1CNCC21. The van der Waals surface area contributed by atoms with Crippen molar-refractivity contribution in [2.24, 2.45) is 0 Å². The van der Waals surface area contributed by atoms with E-state index in [2.05, 4.69) is 5.32 Å². The Morgan fingerprint density at radius 2 is 2.06 bits per heavy atom. The molecule has 2 aliphatic heterocycles. The first-order valence-electron chi connectivity index (χ1n) is 5.68. The van der Waals surface area contributed by atoms with Crippen molar-refractivity contribution in [2.45, 2.75) is 24.8 Å². The van der Waals surface area contributed by atoms with E-state index in [1.54, 1.807) is 6.07 Å². The molecule has 1 N–H and O–H groups in total. The fourth-order valence-corrected chi connectivity index (χ4v) is 2.96. The van der Waals surface area contributed by atoms with Crippen molar-refractivity contribution in [3.63, 3.8) is 0 Å². The van der Waals surface area contributed by atoms with Crippen LogP contribution in [0.25, 0.3) is 0 Å². The van der Waals surface area contributed by atoms with Gasteiger partial charge in [-0.15, -0.1) is 0 Å². The molecule has 6 heteroatoms. The zero-order valence-electron chi connectivity index (χ0n) is 9.35. The Morgan fingerprint density at radius 3 is 2.78 bits per heavy atom. The van der Waals surface area contributed by atoms with E-state index in [-0.39, 0.29) is 29.2 Å². The highest BCUT2D eigenvalue weighted by Crippen LogP contribution is 2.42. The average molecular weight is 278 g/mol. The quantitative estimate of drug-likeness (QED) is 0.787. The fraction of sp³-hybridized carbons (Fsp3) is 0.500. The Bertz CT molecular complexity index is 489. The number of ether oxygens (including phenoxy) is 1. The molecule has 1 saturated heterocycles. The number of halogens is 4. The summed E-state index contributed by atoms with van der Waals surface area (Å²) in [5, 5.41) is 3.27. The topological polar surface area (TPSA) is 21.3 Å². The molecule has 0 spiro atoms. The number of hydrogen-bond donors (Lipinski definition) is 1. The summed E-state index contributed by atoms with van der Waals surface area (Å²) in [4.78, 5) is 0. The van der Waals surface area contributed by atoms with Crippen LogP contribution in [0.3, 0.4) is 0 Å². The summed E-state index contributed by atoms with van der Waals surface area (Å²) in [5.74, 6) is -0.0338. The lowest BCUT2D eigenvalue weighted by Gasteiger charge is -2.30. The second-order valence-electron chi connectivity index (χ2n) is 4.63. The van der Waals surface area contributed by atoms with Gasteiger partial charge in [0.15, 0.2) is 0 Å². The molecule has 2 unspecified atom stereocenters. The molecule has 1 fully saturated rings. The molecule has 0 radical (unpaired) electrons. The van der Waals surface area contributed by atoms with Gasteiger partial charge in [-0.2, -0.15) is 13.2 Å². The summed E-state index contributed by atoms with van der Waals surface area (Å²) < 4.78 is 44.4. The molecule has 18 heavy (non-hydrogen) atoms. The average Bonchev–Trinajstić information content (AvgIpc) is 2.74. The van der Waals surface area contributed by atoms with Crippen molar-refractivity contribution < 1.29 is 17.9 Å². The zero-order chi connectivity index (χ0) is 12.9. The van der Waals surface area contributed by atoms with Gasteiger partial charge >= 0.3 is 6.18 Å². The second kappa shape index (κ2) is 4.11. The molecule has 0 saturated carbocycles. The molecular weight excluding hydrogens is 267 g/mol. The summed E-state index contributed by atoms with van der Waals surface area (Å²) in [7, 11) is 0. The third-order valence-corrected chi connectivity index (χ3v) is 3.77. The first-order chi connectivity index (χ1) is 8.47. The van der Waals surface area contributed by atoms with Gasteiger partial charge in [0.05, 0.1) is 18.3 Å². The molecule has 2 aliphatic rings. The largest absolute Gasteiger partial charge is 0.416 e. The molecule has 1 aromatic rings. The van der Waals surface area contributed by atoms with E-state index in [0.717, 1.165) is 6.07 Å². The summed E-state index contributed by atoms with van der Waals surface area (Å²) in [6, 6.07) is 2.62. The highest BCUT2D eigenvalue weighted by Gasteiger charge is 2.41. The van der Waals surface area contributed by atoms with Crippen LogP contribution in [0.2, 0.25) is 5.02 Å². The highest BCUT2D eigenvalue weighted by atomic mass is 35.5. The lowest BCUT2D eigenvalue weighted by Crippen LogP contribution is -2.28. The molecule has 2 nitrogen and oxygen atoms in total. The van der Waals surface area contributed by atoms with E-state index >= 15 is 0 Å². The van der Waals surface area contributed by atoms with Crippen LogP contribution in [0.5, 0.6) is 0 Å². The Morgan fingerprint density at radius 1 is 1.28 bits per heavy atom. The van der Waals surface area contributed by atoms with Crippen LogP contribution in [0.15, 0.2) is 12.1 Å². The van der Waals surface area contributed by atoms with Gasteiger partial charge < -0.3 is 10.1 Å². The fourth-order valence-electron chi connectivity index (χ4n) is 2.73. The maximum atomic E-state index is 13.0. The molecule has 0 amide bonds. The lowest BCUT2D eigenvalue weighted by atomic mass is 9.87. The number of nitrogens with one attached hydrogen (secondary N) is 1. The van der Waals surface area contributed by atoms with E-state index in [9.17, 15) is 13.2 Å². The van der Waals surface area contributed by atoms with Gasteiger partial charge in [0, 0.05) is 24.0 Å². The normalized spacial score (nSPS) is 26.9. The Balaban J connectivity index is 2.15. The molecule has 0 bridgehead atoms. The minimum Gasteiger partial charge on any atom is -0.372 e. The predicted octanol–water partition coefficient (Wildman–Crippen LogP) is 2.94. The number of hydrogen-bond acceptors (Lipinski definition) is 2. The van der Waals surface area contributed by atoms with Gasteiger partial charge in [-0.1, -0.05) is 11.6 Å². The third-order valence-electron chi connectivity index (χ3n) is 3.55. The summed E-state index contributed by atoms with van der Waals surface area (Å²) in [6.07, 6.45) is -4.44. The third kappa shape index (κ3) is 1.90. The highest BCUT2D eigenvalue weighted by molar-refractivity contribution is 6.30. The van der Waals surface area contributed by atoms with Crippen LogP contribution in [-0.4, -0.2) is 19.2 Å². The summed E-state index contributed by atoms with van der Waals surface area (Å²) in [6.45, 7) is 1.32. The van der Waals surface area contributed by atoms with Crippen LogP contribution < -0.4 is 5.32 Å².